The molecule has 0 aliphatic heterocycles. The Hall–Kier alpha value is -2.66. The van der Waals surface area contributed by atoms with E-state index in [1.54, 1.807) is 6.07 Å². The van der Waals surface area contributed by atoms with Gasteiger partial charge >= 0.3 is 6.18 Å². The summed E-state index contributed by atoms with van der Waals surface area (Å²) in [7, 11) is -3.76. The number of benzene rings is 3. The fourth-order valence-corrected chi connectivity index (χ4v) is 5.32. The molecule has 0 saturated carbocycles. The maximum absolute atomic E-state index is 14.5. The van der Waals surface area contributed by atoms with Crippen LogP contribution < -0.4 is 4.74 Å². The van der Waals surface area contributed by atoms with Crippen LogP contribution in [0.3, 0.4) is 0 Å². The van der Waals surface area contributed by atoms with Gasteiger partial charge in [-0.25, -0.2) is 12.8 Å². The average molecular weight is 574 g/mol. The first-order valence-electron chi connectivity index (χ1n) is 11.8. The molecular weight excluding hydrogens is 546 g/mol. The van der Waals surface area contributed by atoms with E-state index in [2.05, 4.69) is 0 Å². The first-order chi connectivity index (χ1) is 17.9. The van der Waals surface area contributed by atoms with E-state index >= 15 is 0 Å². The van der Waals surface area contributed by atoms with E-state index < -0.39 is 34.0 Å². The summed E-state index contributed by atoms with van der Waals surface area (Å²) in [5.74, 6) is -0.762. The summed E-state index contributed by atoms with van der Waals surface area (Å²) in [5.41, 5.74) is 0.288. The number of ether oxygens (including phenoxy) is 1. The van der Waals surface area contributed by atoms with Crippen molar-refractivity contribution in [2.45, 2.75) is 37.0 Å². The predicted molar refractivity (Wildman–Crippen MR) is 137 cm³/mol. The van der Waals surface area contributed by atoms with Crippen molar-refractivity contribution in [2.24, 2.45) is 0 Å². The van der Waals surface area contributed by atoms with Crippen LogP contribution >= 0.6 is 11.6 Å². The lowest BCUT2D eigenvalue weighted by molar-refractivity contribution is -0.137. The summed E-state index contributed by atoms with van der Waals surface area (Å²) in [5, 5.41) is 8.80. The Balaban J connectivity index is 1.73. The van der Waals surface area contributed by atoms with Gasteiger partial charge in [-0.15, -0.1) is 0 Å². The molecule has 3 aromatic carbocycles. The van der Waals surface area contributed by atoms with Gasteiger partial charge in [0.15, 0.2) is 9.84 Å². The molecule has 1 N–H and O–H groups in total. The number of aliphatic hydroxyl groups is 1. The molecule has 3 rings (SSSR count). The maximum Gasteiger partial charge on any atom is 0.417 e. The first-order valence-corrected chi connectivity index (χ1v) is 14.0. The summed E-state index contributed by atoms with van der Waals surface area (Å²) in [6.45, 7) is 0.693. The molecule has 0 saturated heterocycles. The lowest BCUT2D eigenvalue weighted by Gasteiger charge is -2.24. The highest BCUT2D eigenvalue weighted by molar-refractivity contribution is 7.90. The standard InChI is InChI=1S/C27H28ClF4NO4S/c1-38(35,36)25-16-21(15-24(29)22(25)11-13-34)37-14-6-12-33(17-19-7-3-2-4-8-19)18-20-9-5-10-23(26(20)28)27(30,31)32/h2-5,7-10,15-16,34H,6,11-14,17-18H2,1H3. The third kappa shape index (κ3) is 8.17. The minimum absolute atomic E-state index is 0.0279. The summed E-state index contributed by atoms with van der Waals surface area (Å²) < 4.78 is 84.4. The summed E-state index contributed by atoms with van der Waals surface area (Å²) in [4.78, 5) is 1.68. The van der Waals surface area contributed by atoms with Crippen LogP contribution in [0.15, 0.2) is 65.6 Å². The monoisotopic (exact) mass is 573 g/mol. The number of alkyl halides is 3. The van der Waals surface area contributed by atoms with Crippen LogP contribution in [0.25, 0.3) is 0 Å². The van der Waals surface area contributed by atoms with Crippen LogP contribution in [0.5, 0.6) is 5.75 Å². The largest absolute Gasteiger partial charge is 0.493 e. The molecule has 0 spiro atoms. The zero-order valence-corrected chi connectivity index (χ0v) is 22.2. The Kier molecular flexibility index (Phi) is 10.2. The van der Waals surface area contributed by atoms with Crippen LogP contribution in [0, 0.1) is 5.82 Å². The van der Waals surface area contributed by atoms with E-state index in [1.807, 2.05) is 35.2 Å². The second kappa shape index (κ2) is 12.9. The summed E-state index contributed by atoms with van der Waals surface area (Å²) >= 11 is 6.11. The van der Waals surface area contributed by atoms with Crippen molar-refractivity contribution in [3.8, 4) is 5.75 Å². The number of nitrogens with zero attached hydrogens (tertiary/aromatic N) is 1. The molecule has 0 aromatic heterocycles. The lowest BCUT2D eigenvalue weighted by atomic mass is 10.1. The second-order valence-corrected chi connectivity index (χ2v) is 11.2. The first kappa shape index (κ1) is 29.9. The van der Waals surface area contributed by atoms with E-state index in [0.29, 0.717) is 25.1 Å². The zero-order valence-electron chi connectivity index (χ0n) is 20.6. The van der Waals surface area contributed by atoms with Gasteiger partial charge in [-0.3, -0.25) is 4.90 Å². The highest BCUT2D eigenvalue weighted by Gasteiger charge is 2.34. The van der Waals surface area contributed by atoms with Gasteiger partial charge in [0.25, 0.3) is 0 Å². The van der Waals surface area contributed by atoms with E-state index in [4.69, 9.17) is 21.4 Å². The maximum atomic E-state index is 14.5. The number of rotatable bonds is 12. The minimum atomic E-state index is -4.57. The molecule has 11 heteroatoms. The Morgan fingerprint density at radius 2 is 1.74 bits per heavy atom. The van der Waals surface area contributed by atoms with Crippen LogP contribution in [0.2, 0.25) is 5.02 Å². The fraction of sp³-hybridized carbons (Fsp3) is 0.333. The highest BCUT2D eigenvalue weighted by Crippen LogP contribution is 2.36. The molecule has 0 fully saturated rings. The highest BCUT2D eigenvalue weighted by atomic mass is 35.5. The summed E-state index contributed by atoms with van der Waals surface area (Å²) in [6, 6.07) is 15.5. The van der Waals surface area contributed by atoms with Gasteiger partial charge in [0, 0.05) is 44.1 Å². The predicted octanol–water partition coefficient (Wildman–Crippen LogP) is 5.91. The molecule has 3 aromatic rings. The molecule has 0 unspecified atom stereocenters. The number of sulfone groups is 1. The third-order valence-electron chi connectivity index (χ3n) is 5.80. The summed E-state index contributed by atoms with van der Waals surface area (Å²) in [6.07, 6.45) is -3.36. The number of hydrogen-bond acceptors (Lipinski definition) is 5. The van der Waals surface area contributed by atoms with Crippen molar-refractivity contribution in [3.05, 3.63) is 93.8 Å². The smallest absolute Gasteiger partial charge is 0.417 e. The zero-order chi connectivity index (χ0) is 27.9. The van der Waals surface area contributed by atoms with Gasteiger partial charge < -0.3 is 9.84 Å². The van der Waals surface area contributed by atoms with E-state index in [0.717, 1.165) is 24.0 Å². The quantitative estimate of drug-likeness (QED) is 0.216. The minimum Gasteiger partial charge on any atom is -0.493 e. The Morgan fingerprint density at radius 1 is 1.03 bits per heavy atom. The Bertz CT molecular complexity index is 1330. The van der Waals surface area contributed by atoms with E-state index in [-0.39, 0.29) is 40.8 Å². The van der Waals surface area contributed by atoms with Crippen LogP contribution in [-0.2, 0) is 35.5 Å². The molecule has 5 nitrogen and oxygen atoms in total. The molecule has 38 heavy (non-hydrogen) atoms. The Labute approximate surface area is 224 Å². The van der Waals surface area contributed by atoms with E-state index in [9.17, 15) is 26.0 Å². The van der Waals surface area contributed by atoms with Crippen molar-refractivity contribution < 1.29 is 35.8 Å². The van der Waals surface area contributed by atoms with Gasteiger partial charge in [-0.05, 0) is 36.1 Å². The van der Waals surface area contributed by atoms with Crippen molar-refractivity contribution in [1.82, 2.24) is 4.90 Å². The number of hydrogen-bond donors (Lipinski definition) is 1. The normalized spacial score (nSPS) is 12.2. The molecule has 206 valence electrons. The fourth-order valence-electron chi connectivity index (χ4n) is 4.05. The second-order valence-electron chi connectivity index (χ2n) is 8.80. The molecule has 0 radical (unpaired) electrons. The molecule has 0 aliphatic carbocycles. The Morgan fingerprint density at radius 3 is 2.37 bits per heavy atom. The van der Waals surface area contributed by atoms with Crippen LogP contribution in [0.4, 0.5) is 17.6 Å². The molecular formula is C27H28ClF4NO4S. The van der Waals surface area contributed by atoms with Crippen LogP contribution in [-0.4, -0.2) is 44.4 Å². The van der Waals surface area contributed by atoms with E-state index in [1.165, 1.54) is 12.1 Å². The van der Waals surface area contributed by atoms with Gasteiger partial charge in [-0.1, -0.05) is 54.1 Å². The van der Waals surface area contributed by atoms with Crippen molar-refractivity contribution in [2.75, 3.05) is 26.0 Å². The topological polar surface area (TPSA) is 66.8 Å². The molecule has 0 aliphatic rings. The lowest BCUT2D eigenvalue weighted by Crippen LogP contribution is -2.26. The van der Waals surface area contributed by atoms with Gasteiger partial charge in [0.1, 0.15) is 11.6 Å². The van der Waals surface area contributed by atoms with Gasteiger partial charge in [0.05, 0.1) is 22.1 Å². The van der Waals surface area contributed by atoms with Crippen molar-refractivity contribution in [1.29, 1.82) is 0 Å². The van der Waals surface area contributed by atoms with Crippen LogP contribution in [0.1, 0.15) is 28.7 Å². The molecule has 0 amide bonds. The third-order valence-corrected chi connectivity index (χ3v) is 7.41. The van der Waals surface area contributed by atoms with Crippen molar-refractivity contribution >= 4 is 21.4 Å². The van der Waals surface area contributed by atoms with Gasteiger partial charge in [-0.2, -0.15) is 13.2 Å². The van der Waals surface area contributed by atoms with Crippen molar-refractivity contribution in [3.63, 3.8) is 0 Å². The molecule has 0 heterocycles. The SMILES string of the molecule is CS(=O)(=O)c1cc(OCCCN(Cc2ccccc2)Cc2cccc(C(F)(F)F)c2Cl)cc(F)c1CCO. The number of halogens is 5. The number of aliphatic hydroxyl groups excluding tert-OH is 1. The molecule has 0 bridgehead atoms. The van der Waals surface area contributed by atoms with Gasteiger partial charge in [0.2, 0.25) is 0 Å². The average Bonchev–Trinajstić information content (AvgIpc) is 2.83. The molecule has 0 atom stereocenters.